The van der Waals surface area contributed by atoms with Crippen molar-refractivity contribution in [3.05, 3.63) is 46.7 Å². The molecule has 0 spiro atoms. The van der Waals surface area contributed by atoms with Crippen molar-refractivity contribution in [2.75, 3.05) is 23.7 Å². The lowest BCUT2D eigenvalue weighted by atomic mass is 10.3. The van der Waals surface area contributed by atoms with Gasteiger partial charge in [0.25, 0.3) is 5.91 Å². The predicted molar refractivity (Wildman–Crippen MR) is 104 cm³/mol. The van der Waals surface area contributed by atoms with Gasteiger partial charge in [0.15, 0.2) is 0 Å². The fraction of sp³-hybridized carbons (Fsp3) is 0.294. The van der Waals surface area contributed by atoms with E-state index in [9.17, 15) is 13.2 Å². The average Bonchev–Trinajstić information content (AvgIpc) is 3.12. The number of nitrogens with zero attached hydrogens (tertiary/aromatic N) is 2. The summed E-state index contributed by atoms with van der Waals surface area (Å²) in [6.07, 6.45) is 1.05. The Morgan fingerprint density at radius 3 is 2.50 bits per heavy atom. The number of ether oxygens (including phenoxy) is 1. The van der Waals surface area contributed by atoms with E-state index >= 15 is 0 Å². The molecule has 0 fully saturated rings. The van der Waals surface area contributed by atoms with Crippen LogP contribution in [0.4, 0.5) is 5.69 Å². The van der Waals surface area contributed by atoms with Crippen LogP contribution in [0.3, 0.4) is 0 Å². The van der Waals surface area contributed by atoms with E-state index < -0.39 is 15.9 Å². The minimum absolute atomic E-state index is 0.367. The van der Waals surface area contributed by atoms with E-state index in [1.807, 2.05) is 24.4 Å². The zero-order valence-electron chi connectivity index (χ0n) is 14.8. The number of amides is 1. The zero-order valence-corrected chi connectivity index (χ0v) is 16.4. The van der Waals surface area contributed by atoms with Gasteiger partial charge in [-0.15, -0.1) is 11.3 Å². The molecule has 1 amide bonds. The number of rotatable bonds is 8. The lowest BCUT2D eigenvalue weighted by Gasteiger charge is -2.21. The van der Waals surface area contributed by atoms with Crippen LogP contribution in [0.25, 0.3) is 0 Å². The minimum Gasteiger partial charge on any atom is -0.494 e. The Balaban J connectivity index is 2.10. The number of sulfonamides is 1. The van der Waals surface area contributed by atoms with Crippen molar-refractivity contribution in [3.63, 3.8) is 0 Å². The van der Waals surface area contributed by atoms with Crippen LogP contribution in [0.5, 0.6) is 5.75 Å². The molecule has 0 aliphatic rings. The van der Waals surface area contributed by atoms with Gasteiger partial charge < -0.3 is 4.74 Å². The summed E-state index contributed by atoms with van der Waals surface area (Å²) in [5.74, 6) is 0.102. The summed E-state index contributed by atoms with van der Waals surface area (Å²) in [7, 11) is -3.63. The van der Waals surface area contributed by atoms with Gasteiger partial charge in [0.1, 0.15) is 12.3 Å². The van der Waals surface area contributed by atoms with Crippen molar-refractivity contribution in [3.8, 4) is 5.75 Å². The number of nitrogens with one attached hydrogen (secondary N) is 1. The summed E-state index contributed by atoms with van der Waals surface area (Å²) in [6, 6.07) is 10.3. The first-order valence-electron chi connectivity index (χ1n) is 7.89. The van der Waals surface area contributed by atoms with E-state index in [0.29, 0.717) is 23.8 Å². The maximum Gasteiger partial charge on any atom is 0.260 e. The minimum atomic E-state index is -3.63. The topological polar surface area (TPSA) is 88.1 Å². The lowest BCUT2D eigenvalue weighted by Crippen LogP contribution is -2.39. The second-order valence-electron chi connectivity index (χ2n) is 5.41. The van der Waals surface area contributed by atoms with Crippen molar-refractivity contribution < 1.29 is 17.9 Å². The van der Waals surface area contributed by atoms with E-state index in [1.165, 1.54) is 11.3 Å². The molecule has 0 atom stereocenters. The SMILES string of the molecule is CCOc1ccc(N(CC(=O)N/N=C(\C)c2cccs2)S(C)(=O)=O)cc1. The largest absolute Gasteiger partial charge is 0.494 e. The number of hydrazone groups is 1. The van der Waals surface area contributed by atoms with Crippen molar-refractivity contribution >= 4 is 38.7 Å². The van der Waals surface area contributed by atoms with Gasteiger partial charge in [-0.1, -0.05) is 6.07 Å². The van der Waals surface area contributed by atoms with E-state index in [4.69, 9.17) is 4.74 Å². The van der Waals surface area contributed by atoms with Gasteiger partial charge in [-0.25, -0.2) is 13.8 Å². The molecule has 0 aliphatic carbocycles. The Hall–Kier alpha value is -2.39. The van der Waals surface area contributed by atoms with E-state index in [1.54, 1.807) is 31.2 Å². The smallest absolute Gasteiger partial charge is 0.260 e. The van der Waals surface area contributed by atoms with Gasteiger partial charge in [0, 0.05) is 4.88 Å². The molecular formula is C17H21N3O4S2. The number of carbonyl (C=O) groups is 1. The molecule has 26 heavy (non-hydrogen) atoms. The molecule has 0 aliphatic heterocycles. The third-order valence-electron chi connectivity index (χ3n) is 3.35. The fourth-order valence-electron chi connectivity index (χ4n) is 2.13. The Labute approximate surface area is 157 Å². The van der Waals surface area contributed by atoms with Crippen molar-refractivity contribution in [2.45, 2.75) is 13.8 Å². The second-order valence-corrected chi connectivity index (χ2v) is 8.26. The Kier molecular flexibility index (Phi) is 6.76. The first-order chi connectivity index (χ1) is 12.3. The van der Waals surface area contributed by atoms with Crippen LogP contribution in [-0.2, 0) is 14.8 Å². The third-order valence-corrected chi connectivity index (χ3v) is 5.47. The molecule has 0 bridgehead atoms. The number of anilines is 1. The first-order valence-corrected chi connectivity index (χ1v) is 10.6. The lowest BCUT2D eigenvalue weighted by molar-refractivity contribution is -0.119. The number of thiophene rings is 1. The van der Waals surface area contributed by atoms with Crippen LogP contribution in [0.2, 0.25) is 0 Å². The summed E-state index contributed by atoms with van der Waals surface area (Å²) in [4.78, 5) is 13.1. The second kappa shape index (κ2) is 8.81. The molecule has 9 heteroatoms. The molecule has 1 heterocycles. The molecule has 2 rings (SSSR count). The zero-order chi connectivity index (χ0) is 19.2. The summed E-state index contributed by atoms with van der Waals surface area (Å²) >= 11 is 1.50. The van der Waals surface area contributed by atoms with E-state index in [2.05, 4.69) is 10.5 Å². The Morgan fingerprint density at radius 1 is 1.27 bits per heavy atom. The maximum absolute atomic E-state index is 12.2. The highest BCUT2D eigenvalue weighted by Crippen LogP contribution is 2.21. The average molecular weight is 396 g/mol. The van der Waals surface area contributed by atoms with Gasteiger partial charge in [0.2, 0.25) is 10.0 Å². The van der Waals surface area contributed by atoms with Gasteiger partial charge in [0.05, 0.1) is 24.3 Å². The number of benzene rings is 1. The summed E-state index contributed by atoms with van der Waals surface area (Å²) < 4.78 is 30.5. The number of hydrogen-bond donors (Lipinski definition) is 1. The molecule has 0 saturated carbocycles. The van der Waals surface area contributed by atoms with Crippen LogP contribution in [0, 0.1) is 0 Å². The van der Waals surface area contributed by atoms with Gasteiger partial charge >= 0.3 is 0 Å². The van der Waals surface area contributed by atoms with Gasteiger partial charge in [-0.3, -0.25) is 9.10 Å². The standard InChI is InChI=1S/C17H21N3O4S2/c1-4-24-15-9-7-14(8-10-15)20(26(3,22)23)12-17(21)19-18-13(2)16-6-5-11-25-16/h5-11H,4,12H2,1-3H3,(H,19,21)/b18-13+. The summed E-state index contributed by atoms with van der Waals surface area (Å²) in [5.41, 5.74) is 3.43. The Bertz CT molecular complexity index is 860. The molecule has 1 aromatic heterocycles. The third kappa shape index (κ3) is 5.57. The molecule has 1 N–H and O–H groups in total. The highest BCUT2D eigenvalue weighted by molar-refractivity contribution is 7.92. The summed E-state index contributed by atoms with van der Waals surface area (Å²) in [5, 5.41) is 5.93. The number of hydrogen-bond acceptors (Lipinski definition) is 6. The highest BCUT2D eigenvalue weighted by atomic mass is 32.2. The van der Waals surface area contributed by atoms with Crippen LogP contribution >= 0.6 is 11.3 Å². The molecule has 7 nitrogen and oxygen atoms in total. The van der Waals surface area contributed by atoms with Gasteiger partial charge in [-0.2, -0.15) is 5.10 Å². The van der Waals surface area contributed by atoms with Crippen molar-refractivity contribution in [1.29, 1.82) is 0 Å². The predicted octanol–water partition coefficient (Wildman–Crippen LogP) is 2.45. The fourth-order valence-corrected chi connectivity index (χ4v) is 3.66. The molecule has 140 valence electrons. The van der Waals surface area contributed by atoms with Crippen molar-refractivity contribution in [1.82, 2.24) is 5.43 Å². The molecule has 1 aromatic carbocycles. The van der Waals surface area contributed by atoms with Crippen LogP contribution in [0.15, 0.2) is 46.9 Å². The molecule has 0 unspecified atom stereocenters. The van der Waals surface area contributed by atoms with E-state index in [0.717, 1.165) is 15.4 Å². The maximum atomic E-state index is 12.2. The van der Waals surface area contributed by atoms with Crippen LogP contribution in [-0.4, -0.2) is 39.4 Å². The molecule has 0 saturated heterocycles. The first kappa shape index (κ1) is 19.9. The molecule has 2 aromatic rings. The number of carbonyl (C=O) groups excluding carboxylic acids is 1. The molecule has 0 radical (unpaired) electrons. The monoisotopic (exact) mass is 395 g/mol. The van der Waals surface area contributed by atoms with E-state index in [-0.39, 0.29) is 6.54 Å². The van der Waals surface area contributed by atoms with Crippen LogP contribution in [0.1, 0.15) is 18.7 Å². The highest BCUT2D eigenvalue weighted by Gasteiger charge is 2.20. The Morgan fingerprint density at radius 2 is 1.96 bits per heavy atom. The summed E-state index contributed by atoms with van der Waals surface area (Å²) in [6.45, 7) is 3.78. The van der Waals surface area contributed by atoms with Crippen molar-refractivity contribution in [2.24, 2.45) is 5.10 Å². The normalized spacial score (nSPS) is 11.9. The molecular weight excluding hydrogens is 374 g/mol. The quantitative estimate of drug-likeness (QED) is 0.549. The van der Waals surface area contributed by atoms with Gasteiger partial charge in [-0.05, 0) is 49.6 Å². The van der Waals surface area contributed by atoms with Crippen LogP contribution < -0.4 is 14.5 Å².